The third-order valence-electron chi connectivity index (χ3n) is 2.71. The number of rotatable bonds is 6. The van der Waals surface area contributed by atoms with E-state index >= 15 is 0 Å². The van der Waals surface area contributed by atoms with Crippen LogP contribution in [-0.2, 0) is 4.79 Å². The van der Waals surface area contributed by atoms with Gasteiger partial charge in [0.1, 0.15) is 4.47 Å². The van der Waals surface area contributed by atoms with E-state index in [1.807, 2.05) is 6.92 Å². The Morgan fingerprint density at radius 3 is 2.67 bits per heavy atom. The summed E-state index contributed by atoms with van der Waals surface area (Å²) in [4.78, 5) is 35.3. The van der Waals surface area contributed by atoms with Gasteiger partial charge in [-0.2, -0.15) is 0 Å². The molecule has 0 unspecified atom stereocenters. The maximum absolute atomic E-state index is 12.2. The van der Waals surface area contributed by atoms with Crippen molar-refractivity contribution < 1.29 is 14.5 Å². The number of nitrogens with one attached hydrogen (secondary N) is 1. The van der Waals surface area contributed by atoms with Crippen molar-refractivity contribution in [1.29, 1.82) is 0 Å². The average Bonchev–Trinajstić information content (AvgIpc) is 2.44. The summed E-state index contributed by atoms with van der Waals surface area (Å²) < 4.78 is 0.112. The van der Waals surface area contributed by atoms with Crippen LogP contribution in [0.5, 0.6) is 0 Å². The predicted molar refractivity (Wildman–Crippen MR) is 81.1 cm³/mol. The molecule has 0 aromatic heterocycles. The van der Waals surface area contributed by atoms with E-state index in [4.69, 9.17) is 0 Å². The van der Waals surface area contributed by atoms with Gasteiger partial charge < -0.3 is 10.2 Å². The molecule has 0 spiro atoms. The minimum absolute atomic E-state index is 0.103. The van der Waals surface area contributed by atoms with E-state index in [9.17, 15) is 19.7 Å². The van der Waals surface area contributed by atoms with Gasteiger partial charge in [-0.05, 0) is 28.4 Å². The van der Waals surface area contributed by atoms with Crippen molar-refractivity contribution in [2.24, 2.45) is 0 Å². The van der Waals surface area contributed by atoms with Gasteiger partial charge in [0.15, 0.2) is 0 Å². The molecule has 0 saturated heterocycles. The fourth-order valence-corrected chi connectivity index (χ4v) is 2.22. The molecule has 0 aliphatic heterocycles. The Hall–Kier alpha value is -1.96. The van der Waals surface area contributed by atoms with Gasteiger partial charge >= 0.3 is 0 Å². The second kappa shape index (κ2) is 7.72. The highest BCUT2D eigenvalue weighted by Crippen LogP contribution is 2.28. The maximum atomic E-state index is 12.2. The van der Waals surface area contributed by atoms with E-state index in [-0.39, 0.29) is 28.2 Å². The minimum atomic E-state index is -0.575. The van der Waals surface area contributed by atoms with E-state index in [1.165, 1.54) is 30.1 Å². The Kier molecular flexibility index (Phi) is 6.29. The molecule has 114 valence electrons. The molecule has 21 heavy (non-hydrogen) atoms. The summed E-state index contributed by atoms with van der Waals surface area (Å²) in [7, 11) is 1.47. The zero-order valence-electron chi connectivity index (χ0n) is 11.8. The fraction of sp³-hybridized carbons (Fsp3) is 0.385. The molecule has 0 heterocycles. The van der Waals surface area contributed by atoms with Crippen LogP contribution in [0.2, 0.25) is 0 Å². The molecule has 0 bridgehead atoms. The first kappa shape index (κ1) is 17.1. The highest BCUT2D eigenvalue weighted by Gasteiger charge is 2.22. The van der Waals surface area contributed by atoms with E-state index in [0.29, 0.717) is 6.54 Å². The largest absolute Gasteiger partial charge is 0.355 e. The molecule has 0 saturated carbocycles. The SMILES string of the molecule is CCCNC(=O)CN(C)C(=O)c1cccc([N+](=O)[O-])c1Br. The summed E-state index contributed by atoms with van der Waals surface area (Å²) in [5, 5.41) is 13.5. The molecule has 0 radical (unpaired) electrons. The first-order valence-corrected chi connectivity index (χ1v) is 7.12. The molecule has 0 fully saturated rings. The van der Waals surface area contributed by atoms with Gasteiger partial charge in [0, 0.05) is 19.7 Å². The first-order chi connectivity index (χ1) is 9.88. The van der Waals surface area contributed by atoms with Crippen molar-refractivity contribution in [1.82, 2.24) is 10.2 Å². The Morgan fingerprint density at radius 2 is 2.10 bits per heavy atom. The second-order valence-electron chi connectivity index (χ2n) is 4.41. The standard InChI is InChI=1S/C13H16BrN3O4/c1-3-7-15-11(18)8-16(2)13(19)9-5-4-6-10(12(9)14)17(20)21/h4-6H,3,7-8H2,1-2H3,(H,15,18). The summed E-state index contributed by atoms with van der Waals surface area (Å²) in [6.45, 7) is 2.37. The number of carbonyl (C=O) groups is 2. The van der Waals surface area contributed by atoms with Crippen LogP contribution in [0.4, 0.5) is 5.69 Å². The smallest absolute Gasteiger partial charge is 0.284 e. The number of carbonyl (C=O) groups excluding carboxylic acids is 2. The molecule has 0 aliphatic carbocycles. The number of hydrogen-bond acceptors (Lipinski definition) is 4. The van der Waals surface area contributed by atoms with Crippen molar-refractivity contribution in [3.05, 3.63) is 38.3 Å². The summed E-state index contributed by atoms with van der Waals surface area (Å²) >= 11 is 3.07. The lowest BCUT2D eigenvalue weighted by molar-refractivity contribution is -0.385. The van der Waals surface area contributed by atoms with Crippen LogP contribution in [-0.4, -0.2) is 41.8 Å². The third-order valence-corrected chi connectivity index (χ3v) is 3.54. The molecular weight excluding hydrogens is 342 g/mol. The molecule has 8 heteroatoms. The fourth-order valence-electron chi connectivity index (χ4n) is 1.64. The number of likely N-dealkylation sites (N-methyl/N-ethyl adjacent to an activating group) is 1. The quantitative estimate of drug-likeness (QED) is 0.621. The highest BCUT2D eigenvalue weighted by molar-refractivity contribution is 9.10. The topological polar surface area (TPSA) is 92.6 Å². The van der Waals surface area contributed by atoms with E-state index in [2.05, 4.69) is 21.2 Å². The Morgan fingerprint density at radius 1 is 1.43 bits per heavy atom. The molecule has 7 nitrogen and oxygen atoms in total. The Balaban J connectivity index is 2.86. The lowest BCUT2D eigenvalue weighted by Crippen LogP contribution is -2.38. The van der Waals surface area contributed by atoms with Gasteiger partial charge in [0.25, 0.3) is 11.6 Å². The van der Waals surface area contributed by atoms with E-state index < -0.39 is 10.8 Å². The summed E-state index contributed by atoms with van der Waals surface area (Å²) in [6, 6.07) is 4.20. The molecule has 0 atom stereocenters. The van der Waals surface area contributed by atoms with Gasteiger partial charge in [-0.3, -0.25) is 19.7 Å². The predicted octanol–water partition coefficient (Wildman–Crippen LogP) is 1.96. The highest BCUT2D eigenvalue weighted by atomic mass is 79.9. The zero-order valence-corrected chi connectivity index (χ0v) is 13.3. The molecule has 1 aromatic rings. The monoisotopic (exact) mass is 357 g/mol. The van der Waals surface area contributed by atoms with Crippen LogP contribution in [0.15, 0.2) is 22.7 Å². The Labute approximate surface area is 130 Å². The van der Waals surface area contributed by atoms with Crippen molar-refractivity contribution in [2.45, 2.75) is 13.3 Å². The number of hydrogen-bond donors (Lipinski definition) is 1. The number of nitrogens with zero attached hydrogens (tertiary/aromatic N) is 2. The Bertz CT molecular complexity index is 562. The lowest BCUT2D eigenvalue weighted by Gasteiger charge is -2.17. The van der Waals surface area contributed by atoms with Crippen LogP contribution in [0.3, 0.4) is 0 Å². The van der Waals surface area contributed by atoms with Crippen molar-refractivity contribution >= 4 is 33.4 Å². The molecule has 1 N–H and O–H groups in total. The normalized spacial score (nSPS) is 10.0. The third kappa shape index (κ3) is 4.52. The average molecular weight is 358 g/mol. The van der Waals surface area contributed by atoms with Gasteiger partial charge in [0.2, 0.25) is 5.91 Å². The maximum Gasteiger partial charge on any atom is 0.284 e. The molecule has 1 rings (SSSR count). The van der Waals surface area contributed by atoms with Crippen molar-refractivity contribution in [3.63, 3.8) is 0 Å². The number of nitro groups is 1. The van der Waals surface area contributed by atoms with E-state index in [1.54, 1.807) is 0 Å². The number of amides is 2. The van der Waals surface area contributed by atoms with E-state index in [0.717, 1.165) is 6.42 Å². The van der Waals surface area contributed by atoms with Crippen molar-refractivity contribution in [3.8, 4) is 0 Å². The zero-order chi connectivity index (χ0) is 16.0. The van der Waals surface area contributed by atoms with Gasteiger partial charge in [-0.1, -0.05) is 13.0 Å². The number of nitro benzene ring substituents is 1. The number of benzene rings is 1. The van der Waals surface area contributed by atoms with Crippen LogP contribution >= 0.6 is 15.9 Å². The van der Waals surface area contributed by atoms with Crippen LogP contribution in [0, 0.1) is 10.1 Å². The first-order valence-electron chi connectivity index (χ1n) is 6.33. The molecule has 0 aliphatic rings. The van der Waals surface area contributed by atoms with Crippen LogP contribution in [0.1, 0.15) is 23.7 Å². The molecule has 1 aromatic carbocycles. The lowest BCUT2D eigenvalue weighted by atomic mass is 10.2. The van der Waals surface area contributed by atoms with Gasteiger partial charge in [-0.15, -0.1) is 0 Å². The van der Waals surface area contributed by atoms with Gasteiger partial charge in [0.05, 0.1) is 17.0 Å². The van der Waals surface area contributed by atoms with Crippen LogP contribution < -0.4 is 5.32 Å². The number of halogens is 1. The molecule has 2 amide bonds. The summed E-state index contributed by atoms with van der Waals surface area (Å²) in [5.41, 5.74) is -0.0420. The molecular formula is C13H16BrN3O4. The van der Waals surface area contributed by atoms with Gasteiger partial charge in [-0.25, -0.2) is 0 Å². The van der Waals surface area contributed by atoms with Crippen molar-refractivity contribution in [2.75, 3.05) is 20.1 Å². The summed E-state index contributed by atoms with van der Waals surface area (Å²) in [6.07, 6.45) is 0.805. The second-order valence-corrected chi connectivity index (χ2v) is 5.20. The minimum Gasteiger partial charge on any atom is -0.355 e. The van der Waals surface area contributed by atoms with Crippen LogP contribution in [0.25, 0.3) is 0 Å². The summed E-state index contributed by atoms with van der Waals surface area (Å²) in [5.74, 6) is -0.730.